The number of rotatable bonds is 3. The summed E-state index contributed by atoms with van der Waals surface area (Å²) in [6.45, 7) is 2.03. The molecule has 4 rings (SSSR count). The van der Waals surface area contributed by atoms with Crippen molar-refractivity contribution in [2.24, 2.45) is 0 Å². The highest BCUT2D eigenvalue weighted by molar-refractivity contribution is 6.81. The number of anilines is 1. The summed E-state index contributed by atoms with van der Waals surface area (Å²) < 4.78 is 124. The van der Waals surface area contributed by atoms with Crippen molar-refractivity contribution in [1.29, 1.82) is 0 Å². The topological polar surface area (TPSA) is 3.24 Å². The zero-order valence-electron chi connectivity index (χ0n) is 19.5. The van der Waals surface area contributed by atoms with Gasteiger partial charge in [-0.15, -0.1) is 0 Å². The highest BCUT2D eigenvalue weighted by atomic mass is 19.4. The molecule has 0 atom stereocenters. The first-order chi connectivity index (χ1) is 17.1. The summed E-state index contributed by atoms with van der Waals surface area (Å²) in [4.78, 5) is 1.63. The lowest BCUT2D eigenvalue weighted by atomic mass is 9.43. The fourth-order valence-corrected chi connectivity index (χ4v) is 4.79. The Kier molecular flexibility index (Phi) is 6.62. The van der Waals surface area contributed by atoms with Gasteiger partial charge in [0.15, 0.2) is 0 Å². The maximum absolute atomic E-state index is 14.0. The van der Waals surface area contributed by atoms with Crippen molar-refractivity contribution in [3.05, 3.63) is 100 Å². The van der Waals surface area contributed by atoms with E-state index in [1.165, 1.54) is 5.98 Å². The van der Waals surface area contributed by atoms with E-state index >= 15 is 0 Å². The first-order valence-electron chi connectivity index (χ1n) is 11.1. The molecule has 3 aromatic carbocycles. The third-order valence-electron chi connectivity index (χ3n) is 6.30. The van der Waals surface area contributed by atoms with Crippen molar-refractivity contribution in [2.45, 2.75) is 32.4 Å². The van der Waals surface area contributed by atoms with Gasteiger partial charge in [0.1, 0.15) is 0 Å². The molecule has 0 spiro atoms. The Labute approximate surface area is 207 Å². The zero-order valence-corrected chi connectivity index (χ0v) is 19.5. The second-order valence-corrected chi connectivity index (χ2v) is 8.85. The number of aryl methyl sites for hydroxylation is 2. The van der Waals surface area contributed by atoms with E-state index in [1.54, 1.807) is 67.3 Å². The number of benzene rings is 3. The lowest BCUT2D eigenvalue weighted by molar-refractivity contribution is -0.147. The van der Waals surface area contributed by atoms with Gasteiger partial charge in [0.2, 0.25) is 6.71 Å². The van der Waals surface area contributed by atoms with E-state index in [4.69, 9.17) is 0 Å². The molecule has 0 amide bonds. The molecule has 0 aromatic heterocycles. The number of alkyl halides is 9. The summed E-state index contributed by atoms with van der Waals surface area (Å²) in [5.41, 5.74) is -4.15. The van der Waals surface area contributed by atoms with Crippen LogP contribution >= 0.6 is 0 Å². The highest BCUT2D eigenvalue weighted by Crippen LogP contribution is 2.42. The van der Waals surface area contributed by atoms with E-state index in [9.17, 15) is 39.5 Å². The number of hydrogen-bond donors (Lipinski definition) is 0. The Morgan fingerprint density at radius 3 is 1.65 bits per heavy atom. The molecule has 1 heterocycles. The van der Waals surface area contributed by atoms with Gasteiger partial charge in [-0.1, -0.05) is 54.5 Å². The number of hydrogen-bond acceptors (Lipinski definition) is 1. The normalized spacial score (nSPS) is 14.8. The molecule has 1 aliphatic rings. The Hall–Kier alpha value is -3.37. The Bertz CT molecular complexity index is 1280. The van der Waals surface area contributed by atoms with Crippen molar-refractivity contribution < 1.29 is 39.5 Å². The fraction of sp³-hybridized carbons (Fsp3) is 0.231. The molecule has 0 bridgehead atoms. The summed E-state index contributed by atoms with van der Waals surface area (Å²) in [6, 6.07) is 13.2. The van der Waals surface area contributed by atoms with Crippen LogP contribution in [0.5, 0.6) is 0 Å². The van der Waals surface area contributed by atoms with Crippen LogP contribution in [0.3, 0.4) is 0 Å². The lowest BCUT2D eigenvalue weighted by Crippen LogP contribution is -2.44. The SMILES string of the molecule is Cc1cccc(C)c1N1CB(c2c(C(F)(F)F)cc(C(F)(F)F)cc2C(F)(F)F)C=C1c1ccccc1. The minimum Gasteiger partial charge on any atom is -0.348 e. The fourth-order valence-electron chi connectivity index (χ4n) is 4.79. The molecule has 1 aliphatic heterocycles. The van der Waals surface area contributed by atoms with Gasteiger partial charge in [0.25, 0.3) is 0 Å². The maximum atomic E-state index is 14.0. The van der Waals surface area contributed by atoms with Crippen molar-refractivity contribution in [1.82, 2.24) is 0 Å². The average Bonchev–Trinajstić information content (AvgIpc) is 3.21. The first kappa shape index (κ1) is 26.7. The van der Waals surface area contributed by atoms with E-state index in [0.717, 1.165) is 11.1 Å². The molecular weight excluding hydrogens is 508 g/mol. The minimum absolute atomic E-state index is 0.234. The Balaban J connectivity index is 2.01. The standard InChI is InChI=1S/C26H19BF9N/c1-15-7-6-8-16(2)23(15)37-14-27(13-21(37)17-9-4-3-5-10-17)22-19(25(31,32)33)11-18(24(28,29)30)12-20(22)26(34,35)36/h3-13H,14H2,1-2H3. The summed E-state index contributed by atoms with van der Waals surface area (Å²) in [5, 5.41) is 0. The van der Waals surface area contributed by atoms with Gasteiger partial charge in [0, 0.05) is 17.8 Å². The molecule has 0 radical (unpaired) electrons. The van der Waals surface area contributed by atoms with E-state index in [2.05, 4.69) is 0 Å². The summed E-state index contributed by atoms with van der Waals surface area (Å²) >= 11 is 0. The smallest absolute Gasteiger partial charge is 0.348 e. The molecule has 0 N–H and O–H groups in total. The van der Waals surface area contributed by atoms with E-state index in [-0.39, 0.29) is 18.6 Å². The minimum atomic E-state index is -5.46. The zero-order chi connectivity index (χ0) is 27.3. The number of para-hydroxylation sites is 1. The van der Waals surface area contributed by atoms with Crippen molar-refractivity contribution >= 4 is 23.6 Å². The second-order valence-electron chi connectivity index (χ2n) is 8.85. The van der Waals surface area contributed by atoms with Gasteiger partial charge in [-0.2, -0.15) is 39.5 Å². The molecule has 194 valence electrons. The molecule has 37 heavy (non-hydrogen) atoms. The maximum Gasteiger partial charge on any atom is 0.416 e. The molecule has 0 unspecified atom stereocenters. The van der Waals surface area contributed by atoms with Gasteiger partial charge in [-0.25, -0.2) is 0 Å². The molecule has 0 saturated heterocycles. The van der Waals surface area contributed by atoms with Crippen LogP contribution in [0.15, 0.2) is 66.6 Å². The monoisotopic (exact) mass is 527 g/mol. The first-order valence-corrected chi connectivity index (χ1v) is 11.1. The third-order valence-corrected chi connectivity index (χ3v) is 6.30. The van der Waals surface area contributed by atoms with Crippen LogP contribution in [0.25, 0.3) is 5.70 Å². The Morgan fingerprint density at radius 2 is 1.19 bits per heavy atom. The van der Waals surface area contributed by atoms with Crippen LogP contribution in [0, 0.1) is 13.8 Å². The van der Waals surface area contributed by atoms with Gasteiger partial charge in [-0.05, 0) is 48.1 Å². The predicted octanol–water partition coefficient (Wildman–Crippen LogP) is 7.70. The van der Waals surface area contributed by atoms with Crippen LogP contribution < -0.4 is 10.4 Å². The summed E-state index contributed by atoms with van der Waals surface area (Å²) in [5.74, 6) is 1.27. The molecule has 3 aromatic rings. The van der Waals surface area contributed by atoms with E-state index < -0.39 is 47.4 Å². The number of halogens is 9. The molecule has 0 aliphatic carbocycles. The van der Waals surface area contributed by atoms with Crippen LogP contribution in [-0.4, -0.2) is 13.2 Å². The largest absolute Gasteiger partial charge is 0.416 e. The van der Waals surface area contributed by atoms with Crippen molar-refractivity contribution in [3.8, 4) is 0 Å². The van der Waals surface area contributed by atoms with Crippen molar-refractivity contribution in [2.75, 3.05) is 11.3 Å². The second kappa shape index (κ2) is 9.18. The van der Waals surface area contributed by atoms with Gasteiger partial charge in [-0.3, -0.25) is 0 Å². The molecule has 0 fully saturated rings. The van der Waals surface area contributed by atoms with Gasteiger partial charge in [0.05, 0.1) is 16.7 Å². The highest BCUT2D eigenvalue weighted by Gasteiger charge is 2.48. The molecule has 1 nitrogen and oxygen atoms in total. The molecular formula is C26H19BF9N. The summed E-state index contributed by atoms with van der Waals surface area (Å²) in [6.07, 6.45) is -16.6. The van der Waals surface area contributed by atoms with E-state index in [0.29, 0.717) is 16.9 Å². The molecule has 0 saturated carbocycles. The lowest BCUT2D eigenvalue weighted by Gasteiger charge is -2.28. The van der Waals surface area contributed by atoms with Crippen LogP contribution in [0.2, 0.25) is 0 Å². The van der Waals surface area contributed by atoms with Crippen LogP contribution in [0.4, 0.5) is 45.2 Å². The van der Waals surface area contributed by atoms with E-state index in [1.807, 2.05) is 0 Å². The van der Waals surface area contributed by atoms with Crippen LogP contribution in [0.1, 0.15) is 33.4 Å². The molecule has 11 heteroatoms. The van der Waals surface area contributed by atoms with Crippen molar-refractivity contribution in [3.63, 3.8) is 0 Å². The average molecular weight is 527 g/mol. The van der Waals surface area contributed by atoms with Gasteiger partial charge < -0.3 is 4.90 Å². The third kappa shape index (κ3) is 5.22. The summed E-state index contributed by atoms with van der Waals surface area (Å²) in [7, 11) is 0. The quantitative estimate of drug-likeness (QED) is 0.249. The van der Waals surface area contributed by atoms with Crippen LogP contribution in [-0.2, 0) is 18.5 Å². The number of nitrogens with zero attached hydrogens (tertiary/aromatic N) is 1. The predicted molar refractivity (Wildman–Crippen MR) is 125 cm³/mol. The van der Waals surface area contributed by atoms with Gasteiger partial charge >= 0.3 is 18.5 Å². The Morgan fingerprint density at radius 1 is 0.676 bits per heavy atom.